The summed E-state index contributed by atoms with van der Waals surface area (Å²) >= 11 is 0. The molecule has 0 aliphatic rings. The van der Waals surface area contributed by atoms with Crippen molar-refractivity contribution in [1.82, 2.24) is 19.9 Å². The van der Waals surface area contributed by atoms with Crippen LogP contribution in [0.3, 0.4) is 0 Å². The third kappa shape index (κ3) is 4.01. The fraction of sp³-hybridized carbons (Fsp3) is 0.200. The van der Waals surface area contributed by atoms with Crippen LogP contribution in [0.4, 0.5) is 11.6 Å². The second kappa shape index (κ2) is 7.15. The number of aromatic nitrogens is 3. The molecule has 0 bridgehead atoms. The Morgan fingerprint density at radius 2 is 2.23 bits per heavy atom. The fourth-order valence-electron chi connectivity index (χ4n) is 1.73. The highest BCUT2D eigenvalue weighted by Crippen LogP contribution is 2.20. The van der Waals surface area contributed by atoms with Gasteiger partial charge in [-0.25, -0.2) is 15.0 Å². The minimum atomic E-state index is -0.253. The van der Waals surface area contributed by atoms with Crippen LogP contribution >= 0.6 is 0 Å². The van der Waals surface area contributed by atoms with Crippen molar-refractivity contribution < 1.29 is 4.79 Å². The summed E-state index contributed by atoms with van der Waals surface area (Å²) < 4.78 is 0. The highest BCUT2D eigenvalue weighted by atomic mass is 16.1. The molecule has 2 heterocycles. The van der Waals surface area contributed by atoms with Crippen LogP contribution in [-0.2, 0) is 4.79 Å². The molecule has 0 fully saturated rings. The molecule has 2 rings (SSSR count). The lowest BCUT2D eigenvalue weighted by atomic mass is 10.2. The van der Waals surface area contributed by atoms with Gasteiger partial charge in [-0.05, 0) is 20.2 Å². The van der Waals surface area contributed by atoms with E-state index in [1.807, 2.05) is 19.0 Å². The summed E-state index contributed by atoms with van der Waals surface area (Å²) in [5.41, 5.74) is 0.633. The first-order chi connectivity index (χ1) is 10.6. The summed E-state index contributed by atoms with van der Waals surface area (Å²) in [5.74, 6) is 0.646. The van der Waals surface area contributed by atoms with Crippen LogP contribution in [0.1, 0.15) is 0 Å². The Balaban J connectivity index is 2.19. The molecule has 7 nitrogen and oxygen atoms in total. The number of likely N-dealkylation sites (N-methyl/N-ethyl adjacent to an activating group) is 1. The molecule has 0 spiro atoms. The molecule has 2 aromatic rings. The Morgan fingerprint density at radius 3 is 2.95 bits per heavy atom. The van der Waals surface area contributed by atoms with Crippen LogP contribution in [0.25, 0.3) is 10.9 Å². The Hall–Kier alpha value is -2.98. The van der Waals surface area contributed by atoms with Crippen molar-refractivity contribution >= 4 is 28.4 Å². The number of pyridine rings is 1. The number of carbonyl (C=O) groups excluding carboxylic acids is 1. The van der Waals surface area contributed by atoms with Crippen molar-refractivity contribution in [2.45, 2.75) is 0 Å². The van der Waals surface area contributed by atoms with Gasteiger partial charge in [-0.1, -0.05) is 12.5 Å². The van der Waals surface area contributed by atoms with E-state index in [1.54, 1.807) is 18.3 Å². The van der Waals surface area contributed by atoms with Gasteiger partial charge in [0.1, 0.15) is 18.0 Å². The molecule has 0 unspecified atom stereocenters. The van der Waals surface area contributed by atoms with Gasteiger partial charge in [0.2, 0.25) is 5.91 Å². The van der Waals surface area contributed by atoms with Gasteiger partial charge in [0.15, 0.2) is 0 Å². The number of nitrogens with zero attached hydrogens (tertiary/aromatic N) is 4. The van der Waals surface area contributed by atoms with Gasteiger partial charge in [0, 0.05) is 24.1 Å². The molecule has 0 saturated heterocycles. The number of anilines is 2. The Morgan fingerprint density at radius 1 is 1.41 bits per heavy atom. The Kier molecular flexibility index (Phi) is 5.01. The van der Waals surface area contributed by atoms with Crippen molar-refractivity contribution in [3.8, 4) is 12.5 Å². The van der Waals surface area contributed by atoms with E-state index in [0.29, 0.717) is 29.1 Å². The molecular formula is C15H16N6O. The molecule has 7 heteroatoms. The average Bonchev–Trinajstić information content (AvgIpc) is 2.47. The maximum atomic E-state index is 11.8. The van der Waals surface area contributed by atoms with Gasteiger partial charge < -0.3 is 10.2 Å². The number of hydrogen-bond acceptors (Lipinski definition) is 6. The number of hydrogen-bond donors (Lipinski definition) is 2. The summed E-state index contributed by atoms with van der Waals surface area (Å²) in [7, 11) is 3.85. The van der Waals surface area contributed by atoms with E-state index in [0.717, 1.165) is 0 Å². The average molecular weight is 296 g/mol. The highest BCUT2D eigenvalue weighted by Gasteiger charge is 2.06. The minimum absolute atomic E-state index is 0.253. The van der Waals surface area contributed by atoms with E-state index in [-0.39, 0.29) is 5.91 Å². The smallest absolute Gasteiger partial charge is 0.249 e. The molecule has 2 aromatic heterocycles. The molecule has 0 aliphatic heterocycles. The lowest BCUT2D eigenvalue weighted by Gasteiger charge is -2.06. The lowest BCUT2D eigenvalue weighted by molar-refractivity contribution is -0.111. The summed E-state index contributed by atoms with van der Waals surface area (Å²) in [6.45, 7) is 0.683. The van der Waals surface area contributed by atoms with E-state index >= 15 is 0 Å². The van der Waals surface area contributed by atoms with Crippen LogP contribution in [0.5, 0.6) is 0 Å². The zero-order chi connectivity index (χ0) is 15.9. The molecule has 0 saturated carbocycles. The number of rotatable bonds is 5. The summed E-state index contributed by atoms with van der Waals surface area (Å²) in [4.78, 5) is 26.1. The molecule has 22 heavy (non-hydrogen) atoms. The SMILES string of the molecule is C#CNc1ncnc2cnc(NC(=O)/C=C/CN(C)C)cc12. The summed E-state index contributed by atoms with van der Waals surface area (Å²) in [6.07, 6.45) is 11.4. The molecule has 2 N–H and O–H groups in total. The molecule has 0 atom stereocenters. The predicted octanol–water partition coefficient (Wildman–Crippen LogP) is 1.08. The Labute approximate surface area is 128 Å². The highest BCUT2D eigenvalue weighted by molar-refractivity contribution is 6.00. The molecule has 0 radical (unpaired) electrons. The van der Waals surface area contributed by atoms with Crippen molar-refractivity contribution in [1.29, 1.82) is 0 Å². The third-order valence-electron chi connectivity index (χ3n) is 2.70. The first-order valence-corrected chi connectivity index (χ1v) is 6.55. The van der Waals surface area contributed by atoms with Gasteiger partial charge in [-0.3, -0.25) is 10.1 Å². The number of carbonyl (C=O) groups is 1. The van der Waals surface area contributed by atoms with Crippen molar-refractivity contribution in [2.75, 3.05) is 31.3 Å². The minimum Gasteiger partial charge on any atom is -0.307 e. The van der Waals surface area contributed by atoms with Crippen LogP contribution in [0, 0.1) is 12.5 Å². The number of amides is 1. The maximum absolute atomic E-state index is 11.8. The van der Waals surface area contributed by atoms with Crippen LogP contribution in [-0.4, -0.2) is 46.4 Å². The molecule has 0 aromatic carbocycles. The quantitative estimate of drug-likeness (QED) is 0.488. The summed E-state index contributed by atoms with van der Waals surface area (Å²) in [6, 6.07) is 3.98. The van der Waals surface area contributed by atoms with E-state index in [4.69, 9.17) is 6.42 Å². The topological polar surface area (TPSA) is 83.0 Å². The van der Waals surface area contributed by atoms with Crippen LogP contribution in [0.2, 0.25) is 0 Å². The van der Waals surface area contributed by atoms with Gasteiger partial charge in [0.25, 0.3) is 0 Å². The van der Waals surface area contributed by atoms with Gasteiger partial charge >= 0.3 is 0 Å². The molecule has 1 amide bonds. The maximum Gasteiger partial charge on any atom is 0.249 e. The van der Waals surface area contributed by atoms with Gasteiger partial charge in [-0.15, -0.1) is 0 Å². The number of nitrogens with one attached hydrogen (secondary N) is 2. The van der Waals surface area contributed by atoms with Crippen molar-refractivity contribution in [3.05, 3.63) is 30.7 Å². The summed E-state index contributed by atoms with van der Waals surface area (Å²) in [5, 5.41) is 6.06. The second-order valence-corrected chi connectivity index (χ2v) is 4.73. The molecule has 112 valence electrons. The van der Waals surface area contributed by atoms with Crippen molar-refractivity contribution in [3.63, 3.8) is 0 Å². The standard InChI is InChI=1S/C15H16N6O/c1-4-16-15-11-8-13(17-9-12(11)18-10-19-15)20-14(22)6-5-7-21(2)3/h1,5-6,8-10H,7H2,2-3H3,(H,16,18,19)(H,17,20,22)/b6-5+. The zero-order valence-corrected chi connectivity index (χ0v) is 12.4. The van der Waals surface area contributed by atoms with E-state index in [9.17, 15) is 4.79 Å². The fourth-order valence-corrected chi connectivity index (χ4v) is 1.73. The largest absolute Gasteiger partial charge is 0.307 e. The van der Waals surface area contributed by atoms with Crippen LogP contribution in [0.15, 0.2) is 30.7 Å². The van der Waals surface area contributed by atoms with Gasteiger partial charge in [-0.2, -0.15) is 0 Å². The zero-order valence-electron chi connectivity index (χ0n) is 12.4. The third-order valence-corrected chi connectivity index (χ3v) is 2.70. The monoisotopic (exact) mass is 296 g/mol. The van der Waals surface area contributed by atoms with E-state index in [1.165, 1.54) is 12.4 Å². The van der Waals surface area contributed by atoms with Gasteiger partial charge in [0.05, 0.1) is 11.7 Å². The number of terminal acetylenes is 1. The first-order valence-electron chi connectivity index (χ1n) is 6.55. The number of fused-ring (bicyclic) bond motifs is 1. The predicted molar refractivity (Wildman–Crippen MR) is 86.1 cm³/mol. The van der Waals surface area contributed by atoms with E-state index in [2.05, 4.69) is 31.6 Å². The first kappa shape index (κ1) is 15.4. The Bertz CT molecular complexity index is 747. The normalized spacial score (nSPS) is 10.8. The van der Waals surface area contributed by atoms with E-state index < -0.39 is 0 Å². The van der Waals surface area contributed by atoms with Crippen LogP contribution < -0.4 is 10.6 Å². The molecular weight excluding hydrogens is 280 g/mol. The lowest BCUT2D eigenvalue weighted by Crippen LogP contribution is -2.13. The second-order valence-electron chi connectivity index (χ2n) is 4.73. The van der Waals surface area contributed by atoms with Crippen molar-refractivity contribution in [2.24, 2.45) is 0 Å². The molecule has 0 aliphatic carbocycles.